The first kappa shape index (κ1) is 9.23. The Balaban J connectivity index is 1.95. The van der Waals surface area contributed by atoms with E-state index in [1.54, 1.807) is 0 Å². The van der Waals surface area contributed by atoms with Crippen molar-refractivity contribution in [2.45, 2.75) is 24.8 Å². The third-order valence-electron chi connectivity index (χ3n) is 2.55. The molecule has 14 heavy (non-hydrogen) atoms. The first-order valence-electron chi connectivity index (χ1n) is 5.08. The fraction of sp³-hybridized carbons (Fsp3) is 0.417. The fourth-order valence-electron chi connectivity index (χ4n) is 1.50. The summed E-state index contributed by atoms with van der Waals surface area (Å²) in [5.74, 6) is -0.00296. The average Bonchev–Trinajstić information content (AvgIpc) is 3.04. The van der Waals surface area contributed by atoms with Crippen molar-refractivity contribution in [3.8, 4) is 6.07 Å². The van der Waals surface area contributed by atoms with Crippen LogP contribution in [0.15, 0.2) is 30.3 Å². The van der Waals surface area contributed by atoms with Gasteiger partial charge >= 0.3 is 0 Å². The van der Waals surface area contributed by atoms with Gasteiger partial charge in [0.1, 0.15) is 0 Å². The molecule has 0 radical (unpaired) electrons. The third kappa shape index (κ3) is 2.34. The van der Waals surface area contributed by atoms with Gasteiger partial charge in [-0.25, -0.2) is 0 Å². The summed E-state index contributed by atoms with van der Waals surface area (Å²) in [5, 5.41) is 12.4. The van der Waals surface area contributed by atoms with Gasteiger partial charge in [0, 0.05) is 12.6 Å². The molecule has 0 heterocycles. The predicted octanol–water partition coefficient (Wildman–Crippen LogP) is 2.05. The molecule has 1 unspecified atom stereocenters. The highest BCUT2D eigenvalue weighted by atomic mass is 14.9. The molecule has 1 aliphatic carbocycles. The zero-order valence-electron chi connectivity index (χ0n) is 8.11. The van der Waals surface area contributed by atoms with E-state index in [2.05, 4.69) is 11.4 Å². The standard InChI is InChI=1S/C12H14N2/c13-8-11(9-14-12-6-7-12)10-4-2-1-3-5-10/h1-5,11-12,14H,6-7,9H2. The Morgan fingerprint density at radius 2 is 2.07 bits per heavy atom. The minimum absolute atomic E-state index is 0.00296. The fourth-order valence-corrected chi connectivity index (χ4v) is 1.50. The topological polar surface area (TPSA) is 35.8 Å². The molecule has 1 atom stereocenters. The van der Waals surface area contributed by atoms with Crippen LogP contribution in [0, 0.1) is 11.3 Å². The lowest BCUT2D eigenvalue weighted by atomic mass is 10.0. The van der Waals surface area contributed by atoms with Gasteiger partial charge in [0.25, 0.3) is 0 Å². The molecule has 1 aromatic rings. The Bertz CT molecular complexity index is 322. The predicted molar refractivity (Wildman–Crippen MR) is 55.8 cm³/mol. The molecule has 2 nitrogen and oxygen atoms in total. The second kappa shape index (κ2) is 4.26. The van der Waals surface area contributed by atoms with Crippen molar-refractivity contribution >= 4 is 0 Å². The van der Waals surface area contributed by atoms with E-state index < -0.39 is 0 Å². The Labute approximate surface area is 84.6 Å². The molecule has 0 spiro atoms. The lowest BCUT2D eigenvalue weighted by Crippen LogP contribution is -2.22. The second-order valence-electron chi connectivity index (χ2n) is 3.77. The number of nitrogens with zero attached hydrogens (tertiary/aromatic N) is 1. The Morgan fingerprint density at radius 3 is 2.64 bits per heavy atom. The van der Waals surface area contributed by atoms with E-state index in [1.165, 1.54) is 12.8 Å². The molecule has 1 N–H and O–H groups in total. The third-order valence-corrected chi connectivity index (χ3v) is 2.55. The molecule has 1 aromatic carbocycles. The van der Waals surface area contributed by atoms with Crippen molar-refractivity contribution in [1.82, 2.24) is 5.32 Å². The normalized spacial score (nSPS) is 17.4. The second-order valence-corrected chi connectivity index (χ2v) is 3.77. The van der Waals surface area contributed by atoms with Gasteiger partial charge in [0.05, 0.1) is 12.0 Å². The number of benzene rings is 1. The van der Waals surface area contributed by atoms with Crippen LogP contribution < -0.4 is 5.32 Å². The number of hydrogen-bond acceptors (Lipinski definition) is 2. The highest BCUT2D eigenvalue weighted by Gasteiger charge is 2.22. The number of rotatable bonds is 4. The minimum Gasteiger partial charge on any atom is -0.312 e. The van der Waals surface area contributed by atoms with E-state index in [9.17, 15) is 0 Å². The quantitative estimate of drug-likeness (QED) is 0.781. The summed E-state index contributed by atoms with van der Waals surface area (Å²) >= 11 is 0. The van der Waals surface area contributed by atoms with Crippen LogP contribution in [0.2, 0.25) is 0 Å². The summed E-state index contributed by atoms with van der Waals surface area (Å²) in [6.07, 6.45) is 2.54. The maximum atomic E-state index is 9.02. The summed E-state index contributed by atoms with van der Waals surface area (Å²) in [7, 11) is 0. The highest BCUT2D eigenvalue weighted by Crippen LogP contribution is 2.20. The summed E-state index contributed by atoms with van der Waals surface area (Å²) in [4.78, 5) is 0. The highest BCUT2D eigenvalue weighted by molar-refractivity contribution is 5.25. The van der Waals surface area contributed by atoms with Crippen molar-refractivity contribution in [3.63, 3.8) is 0 Å². The maximum absolute atomic E-state index is 9.02. The molecular weight excluding hydrogens is 172 g/mol. The summed E-state index contributed by atoms with van der Waals surface area (Å²) in [6.45, 7) is 0.783. The van der Waals surface area contributed by atoms with Crippen molar-refractivity contribution in [3.05, 3.63) is 35.9 Å². The average molecular weight is 186 g/mol. The van der Waals surface area contributed by atoms with Gasteiger partial charge in [0.15, 0.2) is 0 Å². The molecule has 0 amide bonds. The molecule has 0 bridgehead atoms. The Morgan fingerprint density at radius 1 is 1.36 bits per heavy atom. The van der Waals surface area contributed by atoms with Crippen LogP contribution in [0.3, 0.4) is 0 Å². The lowest BCUT2D eigenvalue weighted by Gasteiger charge is -2.09. The molecular formula is C12H14N2. The van der Waals surface area contributed by atoms with E-state index >= 15 is 0 Å². The molecule has 0 aromatic heterocycles. The van der Waals surface area contributed by atoms with Gasteiger partial charge in [-0.2, -0.15) is 5.26 Å². The van der Waals surface area contributed by atoms with Crippen LogP contribution in [-0.2, 0) is 0 Å². The Kier molecular flexibility index (Phi) is 2.81. The monoisotopic (exact) mass is 186 g/mol. The zero-order valence-corrected chi connectivity index (χ0v) is 8.11. The van der Waals surface area contributed by atoms with Crippen LogP contribution in [0.5, 0.6) is 0 Å². The van der Waals surface area contributed by atoms with E-state index in [1.807, 2.05) is 30.3 Å². The number of hydrogen-bond donors (Lipinski definition) is 1. The largest absolute Gasteiger partial charge is 0.312 e. The molecule has 2 rings (SSSR count). The summed E-state index contributed by atoms with van der Waals surface area (Å²) < 4.78 is 0. The molecule has 0 aliphatic heterocycles. The summed E-state index contributed by atoms with van der Waals surface area (Å²) in [6, 6.07) is 13.0. The van der Waals surface area contributed by atoms with Crippen LogP contribution in [0.1, 0.15) is 24.3 Å². The van der Waals surface area contributed by atoms with Crippen LogP contribution >= 0.6 is 0 Å². The molecule has 1 saturated carbocycles. The molecule has 0 saturated heterocycles. The van der Waals surface area contributed by atoms with Gasteiger partial charge in [-0.3, -0.25) is 0 Å². The Hall–Kier alpha value is -1.33. The van der Waals surface area contributed by atoms with E-state index in [-0.39, 0.29) is 5.92 Å². The van der Waals surface area contributed by atoms with Gasteiger partial charge in [-0.05, 0) is 18.4 Å². The van der Waals surface area contributed by atoms with E-state index in [0.717, 1.165) is 12.1 Å². The first-order valence-corrected chi connectivity index (χ1v) is 5.08. The zero-order chi connectivity index (χ0) is 9.80. The van der Waals surface area contributed by atoms with Crippen molar-refractivity contribution < 1.29 is 0 Å². The van der Waals surface area contributed by atoms with Gasteiger partial charge in [-0.1, -0.05) is 30.3 Å². The number of nitriles is 1. The smallest absolute Gasteiger partial charge is 0.0837 e. The molecule has 2 heteroatoms. The van der Waals surface area contributed by atoms with Gasteiger partial charge in [-0.15, -0.1) is 0 Å². The molecule has 1 fully saturated rings. The number of nitrogens with one attached hydrogen (secondary N) is 1. The van der Waals surface area contributed by atoms with Crippen molar-refractivity contribution in [2.24, 2.45) is 0 Å². The molecule has 72 valence electrons. The van der Waals surface area contributed by atoms with Crippen LogP contribution in [0.4, 0.5) is 0 Å². The molecule has 1 aliphatic rings. The minimum atomic E-state index is -0.00296. The van der Waals surface area contributed by atoms with Gasteiger partial charge < -0.3 is 5.32 Å². The van der Waals surface area contributed by atoms with Gasteiger partial charge in [0.2, 0.25) is 0 Å². The lowest BCUT2D eigenvalue weighted by molar-refractivity contribution is 0.648. The van der Waals surface area contributed by atoms with Crippen molar-refractivity contribution in [2.75, 3.05) is 6.54 Å². The van der Waals surface area contributed by atoms with E-state index in [0.29, 0.717) is 6.04 Å². The SMILES string of the molecule is N#CC(CNC1CC1)c1ccccc1. The maximum Gasteiger partial charge on any atom is 0.0837 e. The first-order chi connectivity index (χ1) is 6.90. The van der Waals surface area contributed by atoms with Crippen LogP contribution in [0.25, 0.3) is 0 Å². The van der Waals surface area contributed by atoms with E-state index in [4.69, 9.17) is 5.26 Å². The van der Waals surface area contributed by atoms with Crippen molar-refractivity contribution in [1.29, 1.82) is 5.26 Å². The summed E-state index contributed by atoms with van der Waals surface area (Å²) in [5.41, 5.74) is 1.11. The van der Waals surface area contributed by atoms with Crippen LogP contribution in [-0.4, -0.2) is 12.6 Å².